The largest absolute Gasteiger partial charge is 0.444 e. The highest BCUT2D eigenvalue weighted by atomic mass is 16.6. The number of ether oxygens (including phenoxy) is 2. The van der Waals surface area contributed by atoms with Gasteiger partial charge in [0.1, 0.15) is 17.2 Å². The number of nitrogens with zero attached hydrogens (tertiary/aromatic N) is 3. The van der Waals surface area contributed by atoms with E-state index in [0.29, 0.717) is 0 Å². The number of imidazole rings is 1. The maximum atomic E-state index is 13.6. The van der Waals surface area contributed by atoms with Gasteiger partial charge in [-0.3, -0.25) is 14.4 Å². The van der Waals surface area contributed by atoms with Gasteiger partial charge in [0.15, 0.2) is 5.82 Å². The standard InChI is InChI=1S/C35H46N6O6/c1-34(2,3)47-33(45)39-35(4,5)32(44)37-27(23-46-22-25-14-8-6-9-15-25)31(43)38-29-21-41(24-36-29)28(26-16-10-7-11-17-26)20-30(42)40-18-12-13-19-40/h6-11,14-17,21,24,27-28H,12-13,18-20,22-23H2,1-5H3,(H,37,44)(H,38,43)(H,39,45). The van der Waals surface area contributed by atoms with E-state index in [2.05, 4.69) is 20.9 Å². The maximum absolute atomic E-state index is 13.6. The number of benzene rings is 2. The zero-order valence-electron chi connectivity index (χ0n) is 27.8. The lowest BCUT2D eigenvalue weighted by atomic mass is 10.0. The molecule has 4 amide bonds. The summed E-state index contributed by atoms with van der Waals surface area (Å²) in [7, 11) is 0. The molecule has 47 heavy (non-hydrogen) atoms. The molecule has 2 aromatic carbocycles. The molecule has 4 rings (SSSR count). The minimum Gasteiger partial charge on any atom is -0.444 e. The second-order valence-electron chi connectivity index (χ2n) is 13.2. The Labute approximate surface area is 276 Å². The van der Waals surface area contributed by atoms with Crippen molar-refractivity contribution in [3.63, 3.8) is 0 Å². The van der Waals surface area contributed by atoms with Crippen LogP contribution in [0, 0.1) is 0 Å². The minimum atomic E-state index is -1.41. The zero-order chi connectivity index (χ0) is 34.0. The van der Waals surface area contributed by atoms with Crippen LogP contribution in [-0.2, 0) is 30.5 Å². The molecule has 3 aromatic rings. The van der Waals surface area contributed by atoms with E-state index in [1.165, 1.54) is 13.8 Å². The minimum absolute atomic E-state index is 0.0663. The third-order valence-corrected chi connectivity index (χ3v) is 7.62. The second kappa shape index (κ2) is 15.7. The Morgan fingerprint density at radius 2 is 1.55 bits per heavy atom. The molecule has 12 nitrogen and oxygen atoms in total. The first-order valence-corrected chi connectivity index (χ1v) is 15.9. The molecule has 1 aliphatic heterocycles. The zero-order valence-corrected chi connectivity index (χ0v) is 27.8. The SMILES string of the molecule is CC(C)(C)OC(=O)NC(C)(C)C(=O)NC(COCc1ccccc1)C(=O)Nc1cn(C(CC(=O)N2CCCC2)c2ccccc2)cn1. The van der Waals surface area contributed by atoms with Gasteiger partial charge in [0, 0.05) is 19.3 Å². The van der Waals surface area contributed by atoms with Crippen LogP contribution < -0.4 is 16.0 Å². The Kier molecular flexibility index (Phi) is 11.8. The molecule has 3 N–H and O–H groups in total. The normalized spacial score (nSPS) is 14.6. The lowest BCUT2D eigenvalue weighted by Gasteiger charge is -2.29. The number of carbonyl (C=O) groups is 4. The van der Waals surface area contributed by atoms with Gasteiger partial charge in [-0.1, -0.05) is 60.7 Å². The summed E-state index contributed by atoms with van der Waals surface area (Å²) in [4.78, 5) is 58.8. The van der Waals surface area contributed by atoms with Gasteiger partial charge in [0.2, 0.25) is 11.8 Å². The van der Waals surface area contributed by atoms with Crippen LogP contribution in [0.5, 0.6) is 0 Å². The molecule has 12 heteroatoms. The van der Waals surface area contributed by atoms with E-state index in [1.54, 1.807) is 33.3 Å². The predicted octanol–water partition coefficient (Wildman–Crippen LogP) is 4.43. The van der Waals surface area contributed by atoms with E-state index < -0.39 is 35.1 Å². The highest BCUT2D eigenvalue weighted by Gasteiger charge is 2.35. The number of alkyl carbamates (subject to hydrolysis) is 1. The number of nitrogens with one attached hydrogen (secondary N) is 3. The molecule has 0 radical (unpaired) electrons. The molecular formula is C35H46N6O6. The summed E-state index contributed by atoms with van der Waals surface area (Å²) in [6.07, 6.45) is 4.75. The maximum Gasteiger partial charge on any atom is 0.408 e. The fraction of sp³-hybridized carbons (Fsp3) is 0.457. The Balaban J connectivity index is 1.48. The van der Waals surface area contributed by atoms with Crippen LogP contribution in [0.25, 0.3) is 0 Å². The topological polar surface area (TPSA) is 144 Å². The van der Waals surface area contributed by atoms with Crippen molar-refractivity contribution in [1.29, 1.82) is 0 Å². The van der Waals surface area contributed by atoms with Crippen LogP contribution >= 0.6 is 0 Å². The Hall–Kier alpha value is -4.71. The highest BCUT2D eigenvalue weighted by molar-refractivity contribution is 5.98. The third-order valence-electron chi connectivity index (χ3n) is 7.62. The van der Waals surface area contributed by atoms with Crippen LogP contribution in [0.1, 0.15) is 71.0 Å². The molecule has 1 saturated heterocycles. The van der Waals surface area contributed by atoms with Crippen molar-refractivity contribution >= 4 is 29.6 Å². The first-order valence-electron chi connectivity index (χ1n) is 15.9. The molecule has 0 spiro atoms. The van der Waals surface area contributed by atoms with Crippen molar-refractivity contribution < 1.29 is 28.7 Å². The summed E-state index contributed by atoms with van der Waals surface area (Å²) in [6, 6.07) is 17.7. The smallest absolute Gasteiger partial charge is 0.408 e. The van der Waals surface area contributed by atoms with Gasteiger partial charge < -0.3 is 34.9 Å². The van der Waals surface area contributed by atoms with Crippen LogP contribution in [0.15, 0.2) is 73.2 Å². The number of hydrogen-bond donors (Lipinski definition) is 3. The molecule has 2 heterocycles. The first-order chi connectivity index (χ1) is 22.3. The van der Waals surface area contributed by atoms with E-state index in [-0.39, 0.29) is 37.4 Å². The number of aromatic nitrogens is 2. The lowest BCUT2D eigenvalue weighted by Crippen LogP contribution is -2.59. The molecule has 252 valence electrons. The number of rotatable bonds is 13. The Morgan fingerprint density at radius 1 is 0.915 bits per heavy atom. The van der Waals surface area contributed by atoms with Gasteiger partial charge in [0.05, 0.1) is 32.0 Å². The van der Waals surface area contributed by atoms with Crippen LogP contribution in [0.2, 0.25) is 0 Å². The van der Waals surface area contributed by atoms with E-state index in [1.807, 2.05) is 70.1 Å². The molecule has 0 saturated carbocycles. The van der Waals surface area contributed by atoms with Gasteiger partial charge in [0.25, 0.3) is 5.91 Å². The molecule has 1 aliphatic rings. The molecular weight excluding hydrogens is 600 g/mol. The van der Waals surface area contributed by atoms with Crippen LogP contribution in [-0.4, -0.2) is 75.1 Å². The van der Waals surface area contributed by atoms with E-state index in [9.17, 15) is 19.2 Å². The average Bonchev–Trinajstić information content (AvgIpc) is 3.72. The van der Waals surface area contributed by atoms with Crippen LogP contribution in [0.4, 0.5) is 10.6 Å². The Morgan fingerprint density at radius 3 is 2.19 bits per heavy atom. The fourth-order valence-corrected chi connectivity index (χ4v) is 5.12. The lowest BCUT2D eigenvalue weighted by molar-refractivity contribution is -0.131. The first kappa shape index (κ1) is 35.1. The molecule has 1 aromatic heterocycles. The van der Waals surface area contributed by atoms with Crippen molar-refractivity contribution in [3.05, 3.63) is 84.3 Å². The fourth-order valence-electron chi connectivity index (χ4n) is 5.12. The Bertz CT molecular complexity index is 1500. The molecule has 2 atom stereocenters. The summed E-state index contributed by atoms with van der Waals surface area (Å²) in [5.74, 6) is -0.856. The summed E-state index contributed by atoms with van der Waals surface area (Å²) < 4.78 is 13.0. The van der Waals surface area contributed by atoms with Crippen molar-refractivity contribution in [2.24, 2.45) is 0 Å². The average molecular weight is 647 g/mol. The number of hydrogen-bond acceptors (Lipinski definition) is 7. The van der Waals surface area contributed by atoms with Gasteiger partial charge in [-0.25, -0.2) is 9.78 Å². The monoisotopic (exact) mass is 646 g/mol. The van der Waals surface area contributed by atoms with E-state index in [0.717, 1.165) is 37.1 Å². The van der Waals surface area contributed by atoms with E-state index >= 15 is 0 Å². The number of anilines is 1. The van der Waals surface area contributed by atoms with Crippen molar-refractivity contribution in [1.82, 2.24) is 25.1 Å². The summed E-state index contributed by atoms with van der Waals surface area (Å²) >= 11 is 0. The molecule has 0 aliphatic carbocycles. The summed E-state index contributed by atoms with van der Waals surface area (Å²) in [5.41, 5.74) is -0.324. The third kappa shape index (κ3) is 10.7. The summed E-state index contributed by atoms with van der Waals surface area (Å²) in [6.45, 7) is 9.79. The molecule has 1 fully saturated rings. The van der Waals surface area contributed by atoms with Gasteiger partial charge in [-0.2, -0.15) is 0 Å². The quantitative estimate of drug-likeness (QED) is 0.249. The predicted molar refractivity (Wildman–Crippen MR) is 177 cm³/mol. The van der Waals surface area contributed by atoms with Gasteiger partial charge in [-0.15, -0.1) is 0 Å². The highest BCUT2D eigenvalue weighted by Crippen LogP contribution is 2.25. The number of likely N-dealkylation sites (tertiary alicyclic amines) is 1. The second-order valence-corrected chi connectivity index (χ2v) is 13.2. The number of amides is 4. The molecule has 2 unspecified atom stereocenters. The van der Waals surface area contributed by atoms with Crippen molar-refractivity contribution in [2.45, 2.75) is 83.7 Å². The van der Waals surface area contributed by atoms with Gasteiger partial charge in [-0.05, 0) is 58.6 Å². The number of carbonyl (C=O) groups excluding carboxylic acids is 4. The molecule has 0 bridgehead atoms. The van der Waals surface area contributed by atoms with Crippen molar-refractivity contribution in [3.8, 4) is 0 Å². The van der Waals surface area contributed by atoms with Gasteiger partial charge >= 0.3 is 6.09 Å². The summed E-state index contributed by atoms with van der Waals surface area (Å²) in [5, 5.41) is 8.06. The van der Waals surface area contributed by atoms with Crippen molar-refractivity contribution in [2.75, 3.05) is 25.0 Å². The van der Waals surface area contributed by atoms with E-state index in [4.69, 9.17) is 9.47 Å². The van der Waals surface area contributed by atoms with Crippen LogP contribution in [0.3, 0.4) is 0 Å².